The molecule has 3 heterocycles. The molecule has 0 saturated heterocycles. The molecule has 2 aliphatic rings. The highest BCUT2D eigenvalue weighted by Gasteiger charge is 2.57. The molecule has 0 aliphatic carbocycles. The first-order valence-corrected chi connectivity index (χ1v) is 10.4. The molecule has 1 N–H and O–H groups in total. The van der Waals surface area contributed by atoms with Crippen LogP contribution in [0.3, 0.4) is 0 Å². The van der Waals surface area contributed by atoms with E-state index in [4.69, 9.17) is 11.6 Å². The number of anilines is 2. The number of carbonyl (C=O) groups is 2. The SMILES string of the molecule is CC(C)CN1C(=O)[C@@]2(CC(=O)Nc3c2cnn3-c2cccc(Cl)c2)c2ccccc21. The van der Waals surface area contributed by atoms with Gasteiger partial charge in [-0.1, -0.05) is 49.7 Å². The highest BCUT2D eigenvalue weighted by atomic mass is 35.5. The second-order valence-electron chi connectivity index (χ2n) is 8.26. The van der Waals surface area contributed by atoms with E-state index in [-0.39, 0.29) is 18.2 Å². The number of nitrogens with zero attached hydrogens (tertiary/aromatic N) is 3. The number of rotatable bonds is 3. The van der Waals surface area contributed by atoms with Gasteiger partial charge in [-0.05, 0) is 35.7 Å². The van der Waals surface area contributed by atoms with Crippen molar-refractivity contribution in [2.45, 2.75) is 25.7 Å². The van der Waals surface area contributed by atoms with E-state index in [1.807, 2.05) is 41.3 Å². The molecule has 5 rings (SSSR count). The van der Waals surface area contributed by atoms with Crippen molar-refractivity contribution < 1.29 is 9.59 Å². The smallest absolute Gasteiger partial charge is 0.242 e. The van der Waals surface area contributed by atoms with Crippen LogP contribution in [-0.4, -0.2) is 28.1 Å². The second kappa shape index (κ2) is 6.71. The van der Waals surface area contributed by atoms with Gasteiger partial charge in [0.05, 0.1) is 11.9 Å². The van der Waals surface area contributed by atoms with E-state index in [1.54, 1.807) is 23.0 Å². The van der Waals surface area contributed by atoms with Crippen LogP contribution in [0.4, 0.5) is 11.5 Å². The monoisotopic (exact) mass is 420 g/mol. The summed E-state index contributed by atoms with van der Waals surface area (Å²) in [5, 5.41) is 8.03. The Morgan fingerprint density at radius 2 is 1.93 bits per heavy atom. The van der Waals surface area contributed by atoms with Crippen molar-refractivity contribution in [3.05, 3.63) is 70.9 Å². The van der Waals surface area contributed by atoms with Crippen molar-refractivity contribution in [1.82, 2.24) is 9.78 Å². The van der Waals surface area contributed by atoms with Crippen molar-refractivity contribution in [2.75, 3.05) is 16.8 Å². The van der Waals surface area contributed by atoms with Crippen molar-refractivity contribution in [1.29, 1.82) is 0 Å². The molecule has 2 aromatic carbocycles. The van der Waals surface area contributed by atoms with Gasteiger partial charge in [-0.3, -0.25) is 9.59 Å². The van der Waals surface area contributed by atoms with Gasteiger partial charge in [0.2, 0.25) is 11.8 Å². The molecule has 1 atom stereocenters. The van der Waals surface area contributed by atoms with Gasteiger partial charge >= 0.3 is 0 Å². The third-order valence-corrected chi connectivity index (χ3v) is 6.01. The molecule has 1 aromatic heterocycles. The van der Waals surface area contributed by atoms with Gasteiger partial charge in [0.1, 0.15) is 11.2 Å². The van der Waals surface area contributed by atoms with E-state index in [0.717, 1.165) is 16.9 Å². The summed E-state index contributed by atoms with van der Waals surface area (Å²) in [7, 11) is 0. The zero-order chi connectivity index (χ0) is 21.0. The van der Waals surface area contributed by atoms with Crippen LogP contribution in [-0.2, 0) is 15.0 Å². The number of halogens is 1. The Morgan fingerprint density at radius 3 is 2.70 bits per heavy atom. The molecule has 7 heteroatoms. The summed E-state index contributed by atoms with van der Waals surface area (Å²) in [6.07, 6.45) is 1.76. The van der Waals surface area contributed by atoms with Gasteiger partial charge in [0.15, 0.2) is 0 Å². The Kier molecular flexibility index (Phi) is 4.22. The van der Waals surface area contributed by atoms with Crippen LogP contribution in [0.25, 0.3) is 5.69 Å². The molecule has 0 saturated carbocycles. The molecule has 2 aliphatic heterocycles. The Hall–Kier alpha value is -3.12. The lowest BCUT2D eigenvalue weighted by Crippen LogP contribution is -2.47. The Balaban J connectivity index is 1.74. The lowest BCUT2D eigenvalue weighted by Gasteiger charge is -2.32. The molecule has 2 amide bonds. The van der Waals surface area contributed by atoms with Crippen molar-refractivity contribution in [2.24, 2.45) is 5.92 Å². The Labute approximate surface area is 179 Å². The molecule has 0 fully saturated rings. The molecular weight excluding hydrogens is 400 g/mol. The van der Waals surface area contributed by atoms with Crippen LogP contribution in [0.1, 0.15) is 31.4 Å². The number of carbonyl (C=O) groups excluding carboxylic acids is 2. The number of para-hydroxylation sites is 1. The summed E-state index contributed by atoms with van der Waals surface area (Å²) in [5.41, 5.74) is 2.09. The van der Waals surface area contributed by atoms with Crippen LogP contribution in [0.2, 0.25) is 5.02 Å². The van der Waals surface area contributed by atoms with Gasteiger partial charge in [0.25, 0.3) is 0 Å². The minimum absolute atomic E-state index is 0.0612. The minimum atomic E-state index is -1.07. The van der Waals surface area contributed by atoms with Crippen LogP contribution < -0.4 is 10.2 Å². The maximum absolute atomic E-state index is 13.9. The first-order chi connectivity index (χ1) is 14.4. The average molecular weight is 421 g/mol. The fourth-order valence-electron chi connectivity index (χ4n) is 4.60. The summed E-state index contributed by atoms with van der Waals surface area (Å²) in [4.78, 5) is 28.6. The lowest BCUT2D eigenvalue weighted by molar-refractivity contribution is -0.126. The predicted octanol–water partition coefficient (Wildman–Crippen LogP) is 4.16. The molecule has 0 bridgehead atoms. The summed E-state index contributed by atoms with van der Waals surface area (Å²) in [5.74, 6) is 0.534. The molecule has 152 valence electrons. The fraction of sp³-hybridized carbons (Fsp3) is 0.261. The number of amides is 2. The molecule has 3 aromatic rings. The highest BCUT2D eigenvalue weighted by molar-refractivity contribution is 6.30. The van der Waals surface area contributed by atoms with Gasteiger partial charge in [-0.15, -0.1) is 0 Å². The molecule has 0 radical (unpaired) electrons. The van der Waals surface area contributed by atoms with Crippen LogP contribution in [0, 0.1) is 5.92 Å². The van der Waals surface area contributed by atoms with E-state index < -0.39 is 5.41 Å². The van der Waals surface area contributed by atoms with Crippen molar-refractivity contribution >= 4 is 34.9 Å². The molecule has 0 unspecified atom stereocenters. The van der Waals surface area contributed by atoms with Crippen LogP contribution in [0.15, 0.2) is 54.7 Å². The number of hydrogen-bond donors (Lipinski definition) is 1. The van der Waals surface area contributed by atoms with E-state index >= 15 is 0 Å². The summed E-state index contributed by atoms with van der Waals surface area (Å²) in [6.45, 7) is 4.76. The minimum Gasteiger partial charge on any atom is -0.311 e. The first-order valence-electron chi connectivity index (χ1n) is 9.97. The van der Waals surface area contributed by atoms with Gasteiger partial charge in [-0.25, -0.2) is 4.68 Å². The third-order valence-electron chi connectivity index (χ3n) is 5.78. The largest absolute Gasteiger partial charge is 0.311 e. The third kappa shape index (κ3) is 2.60. The van der Waals surface area contributed by atoms with E-state index in [9.17, 15) is 9.59 Å². The first kappa shape index (κ1) is 18.9. The Bertz CT molecular complexity index is 1190. The topological polar surface area (TPSA) is 67.2 Å². The molecule has 30 heavy (non-hydrogen) atoms. The van der Waals surface area contributed by atoms with Gasteiger partial charge in [0, 0.05) is 29.2 Å². The summed E-state index contributed by atoms with van der Waals surface area (Å²) >= 11 is 6.16. The molecular formula is C23H21ClN4O2. The molecule has 6 nitrogen and oxygen atoms in total. The number of hydrogen-bond acceptors (Lipinski definition) is 3. The summed E-state index contributed by atoms with van der Waals surface area (Å²) in [6, 6.07) is 15.0. The lowest BCUT2D eigenvalue weighted by atomic mass is 9.72. The maximum Gasteiger partial charge on any atom is 0.242 e. The number of aromatic nitrogens is 2. The van der Waals surface area contributed by atoms with Crippen molar-refractivity contribution in [3.63, 3.8) is 0 Å². The normalized spacial score (nSPS) is 19.9. The van der Waals surface area contributed by atoms with Gasteiger partial charge in [-0.2, -0.15) is 5.10 Å². The van der Waals surface area contributed by atoms with Gasteiger partial charge < -0.3 is 10.2 Å². The fourth-order valence-corrected chi connectivity index (χ4v) is 4.78. The summed E-state index contributed by atoms with van der Waals surface area (Å²) < 4.78 is 1.64. The predicted molar refractivity (Wildman–Crippen MR) is 116 cm³/mol. The quantitative estimate of drug-likeness (QED) is 0.691. The molecule has 1 spiro atoms. The van der Waals surface area contributed by atoms with E-state index in [1.165, 1.54) is 0 Å². The van der Waals surface area contributed by atoms with Crippen LogP contribution >= 0.6 is 11.6 Å². The average Bonchev–Trinajstić information content (AvgIpc) is 3.23. The second-order valence-corrected chi connectivity index (χ2v) is 8.69. The van der Waals surface area contributed by atoms with Crippen LogP contribution in [0.5, 0.6) is 0 Å². The van der Waals surface area contributed by atoms with E-state index in [2.05, 4.69) is 24.3 Å². The van der Waals surface area contributed by atoms with Crippen molar-refractivity contribution in [3.8, 4) is 5.69 Å². The number of nitrogens with one attached hydrogen (secondary N) is 1. The van der Waals surface area contributed by atoms with E-state index in [0.29, 0.717) is 28.9 Å². The standard InChI is InChI=1S/C23H21ClN4O2/c1-14(2)13-27-19-9-4-3-8-17(19)23(22(27)30)11-20(29)26-21-18(23)12-25-28(21)16-7-5-6-15(24)10-16/h3-10,12,14H,11,13H2,1-2H3,(H,26,29)/t23-/m0/s1. The Morgan fingerprint density at radius 1 is 1.13 bits per heavy atom. The zero-order valence-electron chi connectivity index (χ0n) is 16.7. The number of benzene rings is 2. The zero-order valence-corrected chi connectivity index (χ0v) is 17.5. The maximum atomic E-state index is 13.9. The number of fused-ring (bicyclic) bond motifs is 4. The highest BCUT2D eigenvalue weighted by Crippen LogP contribution is 2.52.